The molecule has 1 unspecified atom stereocenters. The molecule has 0 bridgehead atoms. The summed E-state index contributed by atoms with van der Waals surface area (Å²) in [6.07, 6.45) is -1.96. The first kappa shape index (κ1) is 14.1. The first-order valence-corrected chi connectivity index (χ1v) is 6.83. The Bertz CT molecular complexity index is 441. The third-order valence-corrected chi connectivity index (χ3v) is 3.82. The molecule has 0 aliphatic carbocycles. The maximum absolute atomic E-state index is 12.7. The fourth-order valence-electron chi connectivity index (χ4n) is 2.00. The molecule has 1 fully saturated rings. The Kier molecular flexibility index (Phi) is 4.20. The van der Waals surface area contributed by atoms with Crippen molar-refractivity contribution in [2.24, 2.45) is 5.92 Å². The highest BCUT2D eigenvalue weighted by atomic mass is 127. The third kappa shape index (κ3) is 3.17. The smallest absolute Gasteiger partial charge is 0.355 e. The van der Waals surface area contributed by atoms with Crippen molar-refractivity contribution in [3.05, 3.63) is 15.1 Å². The molecule has 0 amide bonds. The molecule has 1 aliphatic heterocycles. The zero-order valence-electron chi connectivity index (χ0n) is 9.21. The van der Waals surface area contributed by atoms with Crippen LogP contribution in [0.25, 0.3) is 0 Å². The van der Waals surface area contributed by atoms with Crippen molar-refractivity contribution in [3.8, 4) is 0 Å². The molecule has 0 spiro atoms. The van der Waals surface area contributed by atoms with E-state index in [9.17, 15) is 13.2 Å². The Morgan fingerprint density at radius 3 is 2.83 bits per heavy atom. The van der Waals surface area contributed by atoms with Crippen LogP contribution < -0.4 is 4.90 Å². The summed E-state index contributed by atoms with van der Waals surface area (Å²) in [4.78, 5) is 9.45. The number of halogens is 5. The average molecular weight is 392 g/mol. The first-order valence-electron chi connectivity index (χ1n) is 5.37. The van der Waals surface area contributed by atoms with E-state index in [2.05, 4.69) is 9.97 Å². The van der Waals surface area contributed by atoms with Gasteiger partial charge < -0.3 is 4.90 Å². The van der Waals surface area contributed by atoms with E-state index in [4.69, 9.17) is 11.6 Å². The van der Waals surface area contributed by atoms with Crippen molar-refractivity contribution in [3.63, 3.8) is 0 Å². The molecule has 1 saturated heterocycles. The molecule has 0 saturated carbocycles. The van der Waals surface area contributed by atoms with Crippen molar-refractivity contribution in [2.45, 2.75) is 19.0 Å². The number of rotatable bonds is 1. The van der Waals surface area contributed by atoms with Crippen LogP contribution in [0.15, 0.2) is 6.20 Å². The fourth-order valence-corrected chi connectivity index (χ4v) is 2.73. The Hall–Kier alpha value is -0.310. The minimum Gasteiger partial charge on any atom is -0.355 e. The van der Waals surface area contributed by atoms with Gasteiger partial charge in [-0.3, -0.25) is 0 Å². The van der Waals surface area contributed by atoms with Gasteiger partial charge in [0.15, 0.2) is 0 Å². The molecule has 1 aliphatic rings. The van der Waals surface area contributed by atoms with Crippen molar-refractivity contribution in [1.29, 1.82) is 0 Å². The predicted octanol–water partition coefficient (Wildman–Crippen LogP) is 3.51. The lowest BCUT2D eigenvalue weighted by Crippen LogP contribution is -2.42. The lowest BCUT2D eigenvalue weighted by atomic mass is 9.97. The molecule has 1 aromatic rings. The largest absolute Gasteiger partial charge is 0.393 e. The number of hydrogen-bond donors (Lipinski definition) is 0. The summed E-state index contributed by atoms with van der Waals surface area (Å²) in [5.74, 6) is -0.805. The van der Waals surface area contributed by atoms with E-state index in [1.807, 2.05) is 22.6 Å². The molecule has 18 heavy (non-hydrogen) atoms. The molecule has 0 aromatic carbocycles. The van der Waals surface area contributed by atoms with Gasteiger partial charge in [0.2, 0.25) is 5.28 Å². The Balaban J connectivity index is 2.21. The van der Waals surface area contributed by atoms with E-state index in [-0.39, 0.29) is 18.2 Å². The van der Waals surface area contributed by atoms with Gasteiger partial charge in [0, 0.05) is 19.3 Å². The Morgan fingerprint density at radius 2 is 2.17 bits per heavy atom. The summed E-state index contributed by atoms with van der Waals surface area (Å²) < 4.78 is 38.9. The molecule has 2 heterocycles. The molecule has 3 nitrogen and oxygen atoms in total. The lowest BCUT2D eigenvalue weighted by molar-refractivity contribution is -0.176. The zero-order valence-corrected chi connectivity index (χ0v) is 12.1. The van der Waals surface area contributed by atoms with Crippen LogP contribution in [0, 0.1) is 9.49 Å². The van der Waals surface area contributed by atoms with E-state index in [1.54, 1.807) is 4.90 Å². The maximum Gasteiger partial charge on any atom is 0.393 e. The maximum atomic E-state index is 12.7. The standard InChI is InChI=1S/C10H10ClF3IN3/c11-9-16-4-7(15)8(17-9)18-3-1-2-6(5-18)10(12,13)14/h4,6H,1-3,5H2. The van der Waals surface area contributed by atoms with Crippen LogP contribution in [-0.4, -0.2) is 29.2 Å². The van der Waals surface area contributed by atoms with E-state index < -0.39 is 12.1 Å². The number of nitrogens with zero attached hydrogens (tertiary/aromatic N) is 3. The Morgan fingerprint density at radius 1 is 1.44 bits per heavy atom. The van der Waals surface area contributed by atoms with Crippen molar-refractivity contribution in [1.82, 2.24) is 9.97 Å². The van der Waals surface area contributed by atoms with Gasteiger partial charge in [0.05, 0.1) is 9.49 Å². The van der Waals surface area contributed by atoms with Crippen LogP contribution in [0.2, 0.25) is 5.28 Å². The lowest BCUT2D eigenvalue weighted by Gasteiger charge is -2.34. The van der Waals surface area contributed by atoms with Gasteiger partial charge in [0.1, 0.15) is 5.82 Å². The minimum absolute atomic E-state index is 0.0551. The van der Waals surface area contributed by atoms with Crippen molar-refractivity contribution >= 4 is 40.0 Å². The van der Waals surface area contributed by atoms with Gasteiger partial charge in [-0.05, 0) is 47.0 Å². The van der Waals surface area contributed by atoms with Crippen molar-refractivity contribution in [2.75, 3.05) is 18.0 Å². The second-order valence-corrected chi connectivity index (χ2v) is 5.64. The molecule has 100 valence electrons. The summed E-state index contributed by atoms with van der Waals surface area (Å²) in [6.45, 7) is 0.503. The van der Waals surface area contributed by atoms with Gasteiger partial charge in [-0.2, -0.15) is 18.2 Å². The molecule has 0 N–H and O–H groups in total. The molecule has 2 rings (SSSR count). The number of piperidine rings is 1. The Labute approximate surface area is 121 Å². The second-order valence-electron chi connectivity index (χ2n) is 4.14. The van der Waals surface area contributed by atoms with Crippen LogP contribution in [0.1, 0.15) is 12.8 Å². The predicted molar refractivity (Wildman–Crippen MR) is 70.8 cm³/mol. The van der Waals surface area contributed by atoms with E-state index in [1.165, 1.54) is 6.20 Å². The second kappa shape index (κ2) is 5.36. The fraction of sp³-hybridized carbons (Fsp3) is 0.600. The van der Waals surface area contributed by atoms with Crippen molar-refractivity contribution < 1.29 is 13.2 Å². The molecule has 0 radical (unpaired) electrons. The molecule has 1 aromatic heterocycles. The molecular formula is C10H10ClF3IN3. The minimum atomic E-state index is -4.15. The number of anilines is 1. The van der Waals surface area contributed by atoms with Gasteiger partial charge in [-0.1, -0.05) is 0 Å². The van der Waals surface area contributed by atoms with E-state index >= 15 is 0 Å². The summed E-state index contributed by atoms with van der Waals surface area (Å²) in [5.41, 5.74) is 0. The highest BCUT2D eigenvalue weighted by molar-refractivity contribution is 14.1. The molecule has 1 atom stereocenters. The van der Waals surface area contributed by atoms with Gasteiger partial charge >= 0.3 is 6.18 Å². The highest BCUT2D eigenvalue weighted by Crippen LogP contribution is 2.35. The normalized spacial score (nSPS) is 21.2. The first-order chi connectivity index (χ1) is 8.38. The van der Waals surface area contributed by atoms with Crippen LogP contribution in [0.5, 0.6) is 0 Å². The number of aromatic nitrogens is 2. The van der Waals surface area contributed by atoms with Crippen LogP contribution in [0.4, 0.5) is 19.0 Å². The third-order valence-electron chi connectivity index (χ3n) is 2.88. The SMILES string of the molecule is FC(F)(F)C1CCCN(c2nc(Cl)ncc2I)C1. The quantitative estimate of drug-likeness (QED) is 0.542. The number of hydrogen-bond acceptors (Lipinski definition) is 3. The van der Waals surface area contributed by atoms with Crippen LogP contribution in [-0.2, 0) is 0 Å². The number of alkyl halides is 3. The van der Waals surface area contributed by atoms with Gasteiger partial charge in [-0.15, -0.1) is 0 Å². The van der Waals surface area contributed by atoms with E-state index in [0.717, 1.165) is 0 Å². The highest BCUT2D eigenvalue weighted by Gasteiger charge is 2.42. The summed E-state index contributed by atoms with van der Waals surface area (Å²) in [7, 11) is 0. The average Bonchev–Trinajstić information content (AvgIpc) is 2.31. The van der Waals surface area contributed by atoms with Gasteiger partial charge in [0.25, 0.3) is 0 Å². The monoisotopic (exact) mass is 391 g/mol. The summed E-state index contributed by atoms with van der Waals surface area (Å²) in [6, 6.07) is 0. The molecular weight excluding hydrogens is 381 g/mol. The van der Waals surface area contributed by atoms with E-state index in [0.29, 0.717) is 22.4 Å². The topological polar surface area (TPSA) is 29.0 Å². The molecule has 8 heteroatoms. The van der Waals surface area contributed by atoms with Crippen LogP contribution in [0.3, 0.4) is 0 Å². The van der Waals surface area contributed by atoms with Crippen LogP contribution >= 0.6 is 34.2 Å². The summed E-state index contributed by atoms with van der Waals surface area (Å²) in [5, 5.41) is 0.0551. The zero-order chi connectivity index (χ0) is 13.3. The van der Waals surface area contributed by atoms with Gasteiger partial charge in [-0.25, -0.2) is 4.98 Å². The summed E-state index contributed by atoms with van der Waals surface area (Å²) >= 11 is 7.69.